The SMILES string of the molecule is CC(C)c1cc(C(C)C)c(CNc2ccc(C3C=CC=C(c4ccc(OCCOCCOCCOc5ccc(OCCCOC(=O)C67CC8CC(CC(C8)C6)C7)cc5)cc4)C=C3)cc2)c(C(C)C)c1. The number of ether oxygens (including phenoxy) is 6. The third-order valence-electron chi connectivity index (χ3n) is 14.7. The number of anilines is 1. The molecule has 4 fully saturated rings. The van der Waals surface area contributed by atoms with Crippen molar-refractivity contribution in [3.05, 3.63) is 149 Å². The van der Waals surface area contributed by atoms with Gasteiger partial charge >= 0.3 is 5.97 Å². The first-order valence-electron chi connectivity index (χ1n) is 26.0. The molecule has 4 aromatic carbocycles. The molecular formula is C61H77NO7. The Bertz CT molecular complexity index is 2290. The van der Waals surface area contributed by atoms with Gasteiger partial charge in [-0.3, -0.25) is 4.79 Å². The molecule has 4 bridgehead atoms. The number of rotatable bonds is 25. The lowest BCUT2D eigenvalue weighted by atomic mass is 9.49. The van der Waals surface area contributed by atoms with E-state index in [1.807, 2.05) is 36.4 Å². The molecule has 0 heterocycles. The van der Waals surface area contributed by atoms with Gasteiger partial charge in [0.05, 0.1) is 45.1 Å². The van der Waals surface area contributed by atoms with Crippen molar-refractivity contribution in [3.63, 3.8) is 0 Å². The minimum Gasteiger partial charge on any atom is -0.493 e. The predicted molar refractivity (Wildman–Crippen MR) is 279 cm³/mol. The fourth-order valence-corrected chi connectivity index (χ4v) is 11.4. The van der Waals surface area contributed by atoms with E-state index in [9.17, 15) is 4.79 Å². The first-order chi connectivity index (χ1) is 33.5. The molecule has 4 saturated carbocycles. The van der Waals surface area contributed by atoms with Crippen molar-refractivity contribution in [3.8, 4) is 17.2 Å². The lowest BCUT2D eigenvalue weighted by Crippen LogP contribution is -2.50. The number of esters is 1. The average molecular weight is 936 g/mol. The van der Waals surface area contributed by atoms with Gasteiger partial charge in [0.25, 0.3) is 0 Å². The molecule has 1 atom stereocenters. The molecule has 0 amide bonds. The highest BCUT2D eigenvalue weighted by Gasteiger charge is 2.55. The highest BCUT2D eigenvalue weighted by Crippen LogP contribution is 2.60. The Morgan fingerprint density at radius 3 is 1.67 bits per heavy atom. The maximum Gasteiger partial charge on any atom is 0.312 e. The van der Waals surface area contributed by atoms with Gasteiger partial charge in [0.1, 0.15) is 30.5 Å². The van der Waals surface area contributed by atoms with Crippen molar-refractivity contribution < 1.29 is 33.2 Å². The topological polar surface area (TPSA) is 84.5 Å². The molecule has 1 unspecified atom stereocenters. The molecule has 8 nitrogen and oxygen atoms in total. The van der Waals surface area contributed by atoms with Crippen molar-refractivity contribution >= 4 is 17.2 Å². The quantitative estimate of drug-likeness (QED) is 0.0520. The third-order valence-corrected chi connectivity index (χ3v) is 14.7. The highest BCUT2D eigenvalue weighted by molar-refractivity contribution is 5.78. The zero-order valence-corrected chi connectivity index (χ0v) is 42.2. The summed E-state index contributed by atoms with van der Waals surface area (Å²) in [5.74, 6) is 6.26. The zero-order valence-electron chi connectivity index (χ0n) is 42.2. The van der Waals surface area contributed by atoms with E-state index in [2.05, 4.69) is 126 Å². The number of hydrogen-bond acceptors (Lipinski definition) is 8. The molecule has 1 N–H and O–H groups in total. The lowest BCUT2D eigenvalue weighted by molar-refractivity contribution is -0.171. The van der Waals surface area contributed by atoms with Crippen LogP contribution in [0, 0.1) is 23.2 Å². The molecule has 0 aliphatic heterocycles. The first kappa shape index (κ1) is 50.1. The summed E-state index contributed by atoms with van der Waals surface area (Å²) in [5.41, 5.74) is 10.3. The van der Waals surface area contributed by atoms with Gasteiger partial charge in [0.15, 0.2) is 0 Å². The Hall–Kier alpha value is -5.31. The molecule has 69 heavy (non-hydrogen) atoms. The summed E-state index contributed by atoms with van der Waals surface area (Å²) in [6.07, 6.45) is 18.9. The fourth-order valence-electron chi connectivity index (χ4n) is 11.4. The van der Waals surface area contributed by atoms with E-state index in [0.717, 1.165) is 77.6 Å². The zero-order chi connectivity index (χ0) is 48.2. The van der Waals surface area contributed by atoms with Crippen LogP contribution in [-0.4, -0.2) is 58.8 Å². The monoisotopic (exact) mass is 936 g/mol. The largest absolute Gasteiger partial charge is 0.493 e. The van der Waals surface area contributed by atoms with Crippen molar-refractivity contribution in [2.24, 2.45) is 23.2 Å². The molecule has 5 aliphatic rings. The van der Waals surface area contributed by atoms with Crippen LogP contribution in [0.1, 0.15) is 144 Å². The number of benzene rings is 4. The number of carbonyl (C=O) groups excluding carboxylic acids is 1. The van der Waals surface area contributed by atoms with Crippen LogP contribution in [-0.2, 0) is 25.5 Å². The standard InChI is InChI=1S/C61H77NO7/c1-42(2)52-36-57(43(3)4)59(58(37-52)44(5)6)41-62-53-17-13-50(14-18-53)48-9-7-10-49(12-11-48)51-15-19-54(20-16-51)67-31-29-64-27-28-65-30-32-68-56-23-21-55(22-24-56)66-25-8-26-69-60(63)61-38-45-33-46(39-61)35-47(34-45)40-61/h7,9-24,36-37,42-48,62H,8,25-35,38-41H2,1-6H3. The molecule has 0 aromatic heterocycles. The van der Waals surface area contributed by atoms with Crippen molar-refractivity contribution in [2.45, 2.75) is 117 Å². The highest BCUT2D eigenvalue weighted by atomic mass is 16.6. The van der Waals surface area contributed by atoms with E-state index in [1.165, 1.54) is 47.1 Å². The first-order valence-corrected chi connectivity index (χ1v) is 26.0. The van der Waals surface area contributed by atoms with E-state index in [0.29, 0.717) is 77.0 Å². The van der Waals surface area contributed by atoms with Crippen LogP contribution in [0.25, 0.3) is 5.57 Å². The summed E-state index contributed by atoms with van der Waals surface area (Å²) < 4.78 is 34.9. The Kier molecular flexibility index (Phi) is 17.4. The second-order valence-electron chi connectivity index (χ2n) is 21.0. The number of allylic oxidation sites excluding steroid dienone is 6. The molecule has 9 rings (SSSR count). The van der Waals surface area contributed by atoms with Gasteiger partial charge in [0, 0.05) is 24.6 Å². The van der Waals surface area contributed by atoms with Gasteiger partial charge in [-0.2, -0.15) is 0 Å². The summed E-state index contributed by atoms with van der Waals surface area (Å²) in [4.78, 5) is 13.1. The minimum atomic E-state index is -0.194. The second-order valence-corrected chi connectivity index (χ2v) is 21.0. The second kappa shape index (κ2) is 24.0. The van der Waals surface area contributed by atoms with Gasteiger partial charge < -0.3 is 33.7 Å². The Morgan fingerprint density at radius 1 is 0.609 bits per heavy atom. The number of nitrogens with one attached hydrogen (secondary N) is 1. The maximum absolute atomic E-state index is 13.1. The molecule has 0 spiro atoms. The summed E-state index contributed by atoms with van der Waals surface area (Å²) in [5, 5.41) is 3.74. The Labute approximate surface area is 412 Å². The molecular weight excluding hydrogens is 859 g/mol. The van der Waals surface area contributed by atoms with Crippen molar-refractivity contribution in [1.82, 2.24) is 0 Å². The summed E-state index contributed by atoms with van der Waals surface area (Å²) >= 11 is 0. The molecule has 4 aromatic rings. The molecule has 5 aliphatic carbocycles. The van der Waals surface area contributed by atoms with E-state index in [1.54, 1.807) is 0 Å². The van der Waals surface area contributed by atoms with Gasteiger partial charge in [-0.1, -0.05) is 108 Å². The van der Waals surface area contributed by atoms with E-state index >= 15 is 0 Å². The summed E-state index contributed by atoms with van der Waals surface area (Å²) in [6, 6.07) is 29.6. The van der Waals surface area contributed by atoms with Crippen LogP contribution in [0.4, 0.5) is 5.69 Å². The van der Waals surface area contributed by atoms with Crippen LogP contribution < -0.4 is 19.5 Å². The minimum absolute atomic E-state index is 0.0446. The molecule has 8 heteroatoms. The Morgan fingerprint density at radius 2 is 1.13 bits per heavy atom. The molecule has 0 saturated heterocycles. The predicted octanol–water partition coefficient (Wildman–Crippen LogP) is 14.0. The maximum atomic E-state index is 13.1. The van der Waals surface area contributed by atoms with Gasteiger partial charge in [-0.25, -0.2) is 0 Å². The van der Waals surface area contributed by atoms with Crippen molar-refractivity contribution in [2.75, 3.05) is 58.2 Å². The van der Waals surface area contributed by atoms with Crippen LogP contribution in [0.3, 0.4) is 0 Å². The molecule has 0 radical (unpaired) electrons. The van der Waals surface area contributed by atoms with Crippen LogP contribution in [0.2, 0.25) is 0 Å². The Balaban J connectivity index is 0.661. The average Bonchev–Trinajstić information content (AvgIpc) is 3.60. The molecule has 368 valence electrons. The number of hydrogen-bond donors (Lipinski definition) is 1. The smallest absolute Gasteiger partial charge is 0.312 e. The van der Waals surface area contributed by atoms with Gasteiger partial charge in [-0.05, 0) is 162 Å². The fraction of sp³-hybridized carbons (Fsp3) is 0.492. The summed E-state index contributed by atoms with van der Waals surface area (Å²) in [6.45, 7) is 18.4. The van der Waals surface area contributed by atoms with Crippen LogP contribution in [0.5, 0.6) is 17.2 Å². The van der Waals surface area contributed by atoms with E-state index < -0.39 is 0 Å². The lowest BCUT2D eigenvalue weighted by Gasteiger charge is -2.55. The van der Waals surface area contributed by atoms with E-state index in [4.69, 9.17) is 28.4 Å². The van der Waals surface area contributed by atoms with Gasteiger partial charge in [-0.15, -0.1) is 0 Å². The van der Waals surface area contributed by atoms with Crippen LogP contribution in [0.15, 0.2) is 115 Å². The van der Waals surface area contributed by atoms with Gasteiger partial charge in [0.2, 0.25) is 0 Å². The third kappa shape index (κ3) is 13.5. The van der Waals surface area contributed by atoms with E-state index in [-0.39, 0.29) is 17.3 Å². The normalized spacial score (nSPS) is 21.4. The summed E-state index contributed by atoms with van der Waals surface area (Å²) in [7, 11) is 0. The van der Waals surface area contributed by atoms with Crippen LogP contribution >= 0.6 is 0 Å². The number of carbonyl (C=O) groups is 1. The van der Waals surface area contributed by atoms with Crippen molar-refractivity contribution in [1.29, 1.82) is 0 Å².